The van der Waals surface area contributed by atoms with Crippen LogP contribution >= 0.6 is 11.3 Å². The first-order valence-electron chi connectivity index (χ1n) is 12.6. The molecule has 0 spiro atoms. The zero-order valence-electron chi connectivity index (χ0n) is 22.5. The number of halogens is 2. The summed E-state index contributed by atoms with van der Waals surface area (Å²) in [6.07, 6.45) is -1.37. The van der Waals surface area contributed by atoms with Crippen molar-refractivity contribution >= 4 is 44.4 Å². The number of benzene rings is 2. The fourth-order valence-corrected chi connectivity index (χ4v) is 5.55. The van der Waals surface area contributed by atoms with Gasteiger partial charge in [-0.15, -0.1) is 11.3 Å². The van der Waals surface area contributed by atoms with Crippen LogP contribution in [0.3, 0.4) is 0 Å². The van der Waals surface area contributed by atoms with Gasteiger partial charge in [-0.25, -0.2) is 33.5 Å². The molecular formula is C28H23F2N5O6S. The minimum atomic E-state index is -2.82. The number of hydrogen-bond acceptors (Lipinski definition) is 11. The lowest BCUT2D eigenvalue weighted by Gasteiger charge is -2.27. The van der Waals surface area contributed by atoms with Crippen molar-refractivity contribution in [3.05, 3.63) is 53.9 Å². The molecule has 3 aromatic heterocycles. The summed E-state index contributed by atoms with van der Waals surface area (Å²) >= 11 is 1.19. The number of nitrogens with one attached hydrogen (secondary N) is 1. The van der Waals surface area contributed by atoms with E-state index in [2.05, 4.69) is 25.3 Å². The summed E-state index contributed by atoms with van der Waals surface area (Å²) in [4.78, 5) is 29.8. The van der Waals surface area contributed by atoms with Crippen LogP contribution in [0, 0.1) is 6.92 Å². The number of amides is 1. The van der Waals surface area contributed by atoms with Gasteiger partial charge in [-0.1, -0.05) is 0 Å². The van der Waals surface area contributed by atoms with E-state index in [9.17, 15) is 13.6 Å². The lowest BCUT2D eigenvalue weighted by molar-refractivity contribution is 0.0380. The van der Waals surface area contributed by atoms with Gasteiger partial charge in [0.05, 0.1) is 48.9 Å². The van der Waals surface area contributed by atoms with Crippen molar-refractivity contribution in [1.82, 2.24) is 19.9 Å². The molecule has 0 aliphatic carbocycles. The third kappa shape index (κ3) is 5.28. The molecule has 1 atom stereocenters. The van der Waals surface area contributed by atoms with E-state index >= 15 is 0 Å². The van der Waals surface area contributed by atoms with E-state index in [1.54, 1.807) is 12.1 Å². The SMILES string of the molecule is COc1ccc(NC(=O)OC[C@H]2COc3c(cc(C(F)F)c4nc(-c5cc(C)cc6nc(OC)cnc56)sc34)O2)cn1. The zero-order chi connectivity index (χ0) is 29.4. The fourth-order valence-electron chi connectivity index (χ4n) is 4.44. The van der Waals surface area contributed by atoms with Crippen molar-refractivity contribution in [3.63, 3.8) is 0 Å². The molecule has 0 radical (unpaired) electrons. The Hall–Kier alpha value is -4.85. The number of methoxy groups -OCH3 is 2. The van der Waals surface area contributed by atoms with Crippen LogP contribution in [0.25, 0.3) is 31.8 Å². The molecule has 5 aromatic rings. The molecule has 216 valence electrons. The van der Waals surface area contributed by atoms with E-state index in [0.717, 1.165) is 5.56 Å². The number of aryl methyl sites for hydroxylation is 1. The summed E-state index contributed by atoms with van der Waals surface area (Å²) in [6, 6.07) is 8.16. The molecule has 6 rings (SSSR count). The maximum atomic E-state index is 14.2. The molecule has 42 heavy (non-hydrogen) atoms. The predicted molar refractivity (Wildman–Crippen MR) is 150 cm³/mol. The quantitative estimate of drug-likeness (QED) is 0.241. The number of hydrogen-bond donors (Lipinski definition) is 1. The molecule has 0 bridgehead atoms. The number of ether oxygens (including phenoxy) is 5. The average molecular weight is 596 g/mol. The third-order valence-electron chi connectivity index (χ3n) is 6.36. The first-order valence-corrected chi connectivity index (χ1v) is 13.4. The van der Waals surface area contributed by atoms with E-state index in [1.807, 2.05) is 19.1 Å². The van der Waals surface area contributed by atoms with Crippen LogP contribution in [0.2, 0.25) is 0 Å². The van der Waals surface area contributed by atoms with Gasteiger partial charge in [-0.3, -0.25) is 5.32 Å². The van der Waals surface area contributed by atoms with Crippen LogP contribution in [-0.4, -0.2) is 59.6 Å². The highest BCUT2D eigenvalue weighted by molar-refractivity contribution is 7.22. The Balaban J connectivity index is 1.26. The highest BCUT2D eigenvalue weighted by atomic mass is 32.1. The predicted octanol–water partition coefficient (Wildman–Crippen LogP) is 5.95. The Morgan fingerprint density at radius 3 is 2.67 bits per heavy atom. The second-order valence-corrected chi connectivity index (χ2v) is 10.2. The largest absolute Gasteiger partial charge is 0.484 e. The molecule has 0 fully saturated rings. The third-order valence-corrected chi connectivity index (χ3v) is 7.45. The van der Waals surface area contributed by atoms with Gasteiger partial charge in [0.15, 0.2) is 17.6 Å². The summed E-state index contributed by atoms with van der Waals surface area (Å²) in [6.45, 7) is 1.75. The summed E-state index contributed by atoms with van der Waals surface area (Å²) in [5, 5.41) is 3.02. The normalized spacial score (nSPS) is 14.3. The second kappa shape index (κ2) is 11.2. The second-order valence-electron chi connectivity index (χ2n) is 9.25. The van der Waals surface area contributed by atoms with Crippen LogP contribution in [0.1, 0.15) is 17.6 Å². The van der Waals surface area contributed by atoms with E-state index < -0.39 is 18.6 Å². The van der Waals surface area contributed by atoms with Crippen molar-refractivity contribution in [3.8, 4) is 33.8 Å². The van der Waals surface area contributed by atoms with Crippen LogP contribution in [0.15, 0.2) is 42.7 Å². The van der Waals surface area contributed by atoms with Gasteiger partial charge in [-0.2, -0.15) is 0 Å². The monoisotopic (exact) mass is 595 g/mol. The first-order chi connectivity index (χ1) is 20.3. The van der Waals surface area contributed by atoms with Crippen LogP contribution < -0.4 is 24.3 Å². The minimum Gasteiger partial charge on any atom is -0.484 e. The van der Waals surface area contributed by atoms with Crippen LogP contribution in [-0.2, 0) is 4.74 Å². The number of pyridine rings is 1. The molecule has 4 heterocycles. The highest BCUT2D eigenvalue weighted by Gasteiger charge is 2.30. The topological polar surface area (TPSA) is 127 Å². The van der Waals surface area contributed by atoms with Gasteiger partial charge in [0.1, 0.15) is 22.9 Å². The standard InChI is InChI=1S/C28H23F2N5O6S/c1-13-6-17(22-18(7-13)34-21(38-3)10-32-22)27-35-23-16(26(29)30)8-19-24(25(23)42-27)39-11-15(41-19)12-40-28(36)33-14-4-5-20(37-2)31-9-14/h4-10,15,26H,11-12H2,1-3H3,(H,33,36)/t15-/m1/s1. The number of carbonyl (C=O) groups excluding carboxylic acids is 1. The number of nitrogens with zero attached hydrogens (tertiary/aromatic N) is 4. The van der Waals surface area contributed by atoms with Gasteiger partial charge >= 0.3 is 6.09 Å². The van der Waals surface area contributed by atoms with Crippen molar-refractivity contribution in [1.29, 1.82) is 0 Å². The van der Waals surface area contributed by atoms with Gasteiger partial charge in [-0.05, 0) is 36.8 Å². The van der Waals surface area contributed by atoms with Gasteiger partial charge < -0.3 is 23.7 Å². The molecule has 1 amide bonds. The Morgan fingerprint density at radius 1 is 1.10 bits per heavy atom. The summed E-state index contributed by atoms with van der Waals surface area (Å²) in [7, 11) is 2.99. The number of carbonyl (C=O) groups is 1. The summed E-state index contributed by atoms with van der Waals surface area (Å²) < 4.78 is 56.2. The summed E-state index contributed by atoms with van der Waals surface area (Å²) in [5.41, 5.74) is 2.92. The highest BCUT2D eigenvalue weighted by Crippen LogP contribution is 2.48. The van der Waals surface area contributed by atoms with Crippen LogP contribution in [0.4, 0.5) is 19.3 Å². The number of anilines is 1. The lowest BCUT2D eigenvalue weighted by Crippen LogP contribution is -2.35. The molecule has 0 saturated heterocycles. The van der Waals surface area contributed by atoms with E-state index in [4.69, 9.17) is 23.7 Å². The number of thiazole rings is 1. The van der Waals surface area contributed by atoms with Crippen molar-refractivity contribution in [2.45, 2.75) is 19.5 Å². The molecular weight excluding hydrogens is 572 g/mol. The Labute approximate surface area is 241 Å². The molecule has 2 aromatic carbocycles. The number of aromatic nitrogens is 4. The zero-order valence-corrected chi connectivity index (χ0v) is 23.3. The van der Waals surface area contributed by atoms with Gasteiger partial charge in [0, 0.05) is 17.2 Å². The minimum absolute atomic E-state index is 0.0272. The molecule has 0 saturated carbocycles. The van der Waals surface area contributed by atoms with Crippen molar-refractivity contribution in [2.75, 3.05) is 32.8 Å². The fraction of sp³-hybridized carbons (Fsp3) is 0.250. The molecule has 11 nitrogen and oxygen atoms in total. The maximum absolute atomic E-state index is 14.2. The van der Waals surface area contributed by atoms with Gasteiger partial charge in [0.25, 0.3) is 6.43 Å². The van der Waals surface area contributed by atoms with Crippen molar-refractivity contribution in [2.24, 2.45) is 0 Å². The molecule has 1 aliphatic rings. The number of alkyl halides is 2. The summed E-state index contributed by atoms with van der Waals surface area (Å²) in [5.74, 6) is 1.17. The molecule has 1 aliphatic heterocycles. The number of fused-ring (bicyclic) bond motifs is 4. The Morgan fingerprint density at radius 2 is 1.93 bits per heavy atom. The lowest BCUT2D eigenvalue weighted by atomic mass is 10.1. The first kappa shape index (κ1) is 27.3. The van der Waals surface area contributed by atoms with E-state index in [-0.39, 0.29) is 30.0 Å². The molecule has 14 heteroatoms. The van der Waals surface area contributed by atoms with Crippen LogP contribution in [0.5, 0.6) is 23.3 Å². The molecule has 1 N–H and O–H groups in total. The van der Waals surface area contributed by atoms with Crippen molar-refractivity contribution < 1.29 is 37.3 Å². The number of rotatable bonds is 7. The van der Waals surface area contributed by atoms with E-state index in [1.165, 1.54) is 44.0 Å². The smallest absolute Gasteiger partial charge is 0.411 e. The molecule has 0 unspecified atom stereocenters. The maximum Gasteiger partial charge on any atom is 0.411 e. The average Bonchev–Trinajstić information content (AvgIpc) is 3.44. The Kier molecular flexibility index (Phi) is 7.29. The van der Waals surface area contributed by atoms with E-state index in [0.29, 0.717) is 49.5 Å². The Bertz CT molecular complexity index is 1800. The van der Waals surface area contributed by atoms with Gasteiger partial charge in [0.2, 0.25) is 11.8 Å².